The Balaban J connectivity index is 1.44. The number of H-pyrrole nitrogens is 1. The van der Waals surface area contributed by atoms with Crippen LogP contribution in [-0.2, 0) is 0 Å². The Morgan fingerprint density at radius 1 is 1.24 bits per heavy atom. The van der Waals surface area contributed by atoms with E-state index in [-0.39, 0.29) is 11.9 Å². The van der Waals surface area contributed by atoms with Crippen LogP contribution in [0, 0.1) is 0 Å². The van der Waals surface area contributed by atoms with Gasteiger partial charge in [-0.1, -0.05) is 0 Å². The van der Waals surface area contributed by atoms with E-state index < -0.39 is 0 Å². The first-order valence-electron chi connectivity index (χ1n) is 8.22. The lowest BCUT2D eigenvalue weighted by atomic mass is 10.2. The van der Waals surface area contributed by atoms with Crippen molar-refractivity contribution in [1.82, 2.24) is 25.3 Å². The minimum absolute atomic E-state index is 0.0816. The summed E-state index contributed by atoms with van der Waals surface area (Å²) in [4.78, 5) is 30.3. The molecule has 0 saturated carbocycles. The molecule has 25 heavy (non-hydrogen) atoms. The standard InChI is InChI=1S/C18H18N6O/c25-17(16-4-2-8-20-16)22-14-6-10-24(12-14)18-21-9-5-15(23-18)13-3-1-7-19-11-13/h1-5,7-9,11,14,20H,6,10,12H2,(H,22,25). The third-order valence-electron chi connectivity index (χ3n) is 4.25. The SMILES string of the molecule is O=C(NC1CCN(c2nccc(-c3cccnc3)n2)C1)c1ccc[nH]1. The number of aromatic nitrogens is 4. The van der Waals surface area contributed by atoms with E-state index in [1.165, 1.54) is 0 Å². The molecule has 0 radical (unpaired) electrons. The fourth-order valence-corrected chi connectivity index (χ4v) is 2.97. The fourth-order valence-electron chi connectivity index (χ4n) is 2.97. The van der Waals surface area contributed by atoms with Crippen molar-refractivity contribution in [3.8, 4) is 11.3 Å². The number of nitrogens with one attached hydrogen (secondary N) is 2. The number of anilines is 1. The van der Waals surface area contributed by atoms with Gasteiger partial charge in [0.05, 0.1) is 5.69 Å². The summed E-state index contributed by atoms with van der Waals surface area (Å²) in [5.74, 6) is 0.597. The second-order valence-electron chi connectivity index (χ2n) is 5.97. The summed E-state index contributed by atoms with van der Waals surface area (Å²) in [6.45, 7) is 1.51. The molecule has 0 bridgehead atoms. The predicted octanol–water partition coefficient (Wildman–Crippen LogP) is 1.88. The third kappa shape index (κ3) is 3.35. The molecule has 4 heterocycles. The first-order valence-corrected chi connectivity index (χ1v) is 8.22. The van der Waals surface area contributed by atoms with E-state index in [2.05, 4.69) is 30.2 Å². The van der Waals surface area contributed by atoms with E-state index in [1.54, 1.807) is 30.9 Å². The number of pyridine rings is 1. The molecule has 1 aliphatic rings. The first-order chi connectivity index (χ1) is 12.3. The lowest BCUT2D eigenvalue weighted by molar-refractivity contribution is 0.0936. The minimum atomic E-state index is -0.0816. The second-order valence-corrected chi connectivity index (χ2v) is 5.97. The van der Waals surface area contributed by atoms with E-state index in [4.69, 9.17) is 0 Å². The highest BCUT2D eigenvalue weighted by Gasteiger charge is 2.26. The van der Waals surface area contributed by atoms with Crippen LogP contribution in [0.3, 0.4) is 0 Å². The zero-order chi connectivity index (χ0) is 17.1. The molecule has 1 saturated heterocycles. The van der Waals surface area contributed by atoms with Crippen LogP contribution in [0.25, 0.3) is 11.3 Å². The van der Waals surface area contributed by atoms with Crippen molar-refractivity contribution in [2.45, 2.75) is 12.5 Å². The van der Waals surface area contributed by atoms with Crippen LogP contribution in [0.4, 0.5) is 5.95 Å². The number of aromatic amines is 1. The van der Waals surface area contributed by atoms with Gasteiger partial charge in [0.15, 0.2) is 0 Å². The maximum Gasteiger partial charge on any atom is 0.267 e. The third-order valence-corrected chi connectivity index (χ3v) is 4.25. The summed E-state index contributed by atoms with van der Waals surface area (Å²) in [5, 5.41) is 3.05. The van der Waals surface area contributed by atoms with Gasteiger partial charge in [-0.3, -0.25) is 9.78 Å². The van der Waals surface area contributed by atoms with Crippen LogP contribution in [0.15, 0.2) is 55.1 Å². The smallest absolute Gasteiger partial charge is 0.267 e. The van der Waals surface area contributed by atoms with E-state index >= 15 is 0 Å². The van der Waals surface area contributed by atoms with Crippen LogP contribution >= 0.6 is 0 Å². The Kier molecular flexibility index (Phi) is 4.12. The van der Waals surface area contributed by atoms with Gasteiger partial charge in [-0.15, -0.1) is 0 Å². The molecular weight excluding hydrogens is 316 g/mol. The Morgan fingerprint density at radius 3 is 3.00 bits per heavy atom. The summed E-state index contributed by atoms with van der Waals surface area (Å²) in [6.07, 6.45) is 7.90. The van der Waals surface area contributed by atoms with Crippen molar-refractivity contribution in [3.63, 3.8) is 0 Å². The van der Waals surface area contributed by atoms with Crippen LogP contribution in [0.1, 0.15) is 16.9 Å². The highest BCUT2D eigenvalue weighted by atomic mass is 16.2. The number of carbonyl (C=O) groups is 1. The van der Waals surface area contributed by atoms with Crippen LogP contribution in [0.5, 0.6) is 0 Å². The Morgan fingerprint density at radius 2 is 2.20 bits per heavy atom. The normalized spacial score (nSPS) is 16.8. The molecule has 126 valence electrons. The van der Waals surface area contributed by atoms with Crippen molar-refractivity contribution < 1.29 is 4.79 Å². The number of carbonyl (C=O) groups excluding carboxylic acids is 1. The van der Waals surface area contributed by atoms with Gasteiger partial charge in [0.2, 0.25) is 5.95 Å². The molecule has 3 aromatic heterocycles. The molecule has 0 spiro atoms. The zero-order valence-electron chi connectivity index (χ0n) is 13.6. The van der Waals surface area contributed by atoms with Gasteiger partial charge >= 0.3 is 0 Å². The number of amides is 1. The highest BCUT2D eigenvalue weighted by molar-refractivity contribution is 5.92. The maximum absolute atomic E-state index is 12.1. The molecule has 0 aromatic carbocycles. The lowest BCUT2D eigenvalue weighted by Gasteiger charge is -2.17. The summed E-state index contributed by atoms with van der Waals surface area (Å²) in [6, 6.07) is 9.40. The largest absolute Gasteiger partial charge is 0.357 e. The number of nitrogens with zero attached hydrogens (tertiary/aromatic N) is 4. The number of rotatable bonds is 4. The number of hydrogen-bond donors (Lipinski definition) is 2. The van der Waals surface area contributed by atoms with Gasteiger partial charge in [0.1, 0.15) is 5.69 Å². The predicted molar refractivity (Wildman–Crippen MR) is 94.1 cm³/mol. The number of hydrogen-bond acceptors (Lipinski definition) is 5. The molecule has 1 unspecified atom stereocenters. The van der Waals surface area contributed by atoms with E-state index in [0.29, 0.717) is 18.2 Å². The lowest BCUT2D eigenvalue weighted by Crippen LogP contribution is -2.37. The van der Waals surface area contributed by atoms with Gasteiger partial charge in [0.25, 0.3) is 5.91 Å². The Hall–Kier alpha value is -3.22. The molecule has 1 amide bonds. The molecule has 0 aliphatic carbocycles. The topological polar surface area (TPSA) is 86.8 Å². The van der Waals surface area contributed by atoms with Crippen LogP contribution in [0.2, 0.25) is 0 Å². The molecule has 2 N–H and O–H groups in total. The van der Waals surface area contributed by atoms with Crippen LogP contribution in [-0.4, -0.2) is 45.0 Å². The summed E-state index contributed by atoms with van der Waals surface area (Å²) in [5.41, 5.74) is 2.38. The molecule has 7 nitrogen and oxygen atoms in total. The van der Waals surface area contributed by atoms with Crippen molar-refractivity contribution in [2.75, 3.05) is 18.0 Å². The monoisotopic (exact) mass is 334 g/mol. The minimum Gasteiger partial charge on any atom is -0.357 e. The molecular formula is C18H18N6O. The van der Waals surface area contributed by atoms with Gasteiger partial charge in [0, 0.05) is 49.5 Å². The molecule has 1 atom stereocenters. The molecule has 7 heteroatoms. The molecule has 1 fully saturated rings. The average Bonchev–Trinajstić information content (AvgIpc) is 3.35. The summed E-state index contributed by atoms with van der Waals surface area (Å²) in [7, 11) is 0. The van der Waals surface area contributed by atoms with E-state index in [9.17, 15) is 4.79 Å². The molecule has 3 aromatic rings. The Labute approximate surface area is 145 Å². The van der Waals surface area contributed by atoms with Gasteiger partial charge in [-0.2, -0.15) is 0 Å². The second kappa shape index (κ2) is 6.72. The summed E-state index contributed by atoms with van der Waals surface area (Å²) < 4.78 is 0. The highest BCUT2D eigenvalue weighted by Crippen LogP contribution is 2.20. The maximum atomic E-state index is 12.1. The van der Waals surface area contributed by atoms with Gasteiger partial charge in [-0.05, 0) is 36.8 Å². The molecule has 4 rings (SSSR count). The van der Waals surface area contributed by atoms with Crippen molar-refractivity contribution >= 4 is 11.9 Å². The van der Waals surface area contributed by atoms with E-state index in [1.807, 2.05) is 24.3 Å². The van der Waals surface area contributed by atoms with Crippen molar-refractivity contribution in [1.29, 1.82) is 0 Å². The van der Waals surface area contributed by atoms with Crippen molar-refractivity contribution in [3.05, 3.63) is 60.8 Å². The quantitative estimate of drug-likeness (QED) is 0.761. The van der Waals surface area contributed by atoms with Crippen LogP contribution < -0.4 is 10.2 Å². The summed E-state index contributed by atoms with van der Waals surface area (Å²) >= 11 is 0. The van der Waals surface area contributed by atoms with E-state index in [0.717, 1.165) is 24.2 Å². The van der Waals surface area contributed by atoms with Crippen molar-refractivity contribution in [2.24, 2.45) is 0 Å². The zero-order valence-corrected chi connectivity index (χ0v) is 13.6. The van der Waals surface area contributed by atoms with Gasteiger partial charge in [-0.25, -0.2) is 9.97 Å². The first kappa shape index (κ1) is 15.3. The average molecular weight is 334 g/mol. The Bertz CT molecular complexity index is 849. The molecule has 1 aliphatic heterocycles. The van der Waals surface area contributed by atoms with Gasteiger partial charge < -0.3 is 15.2 Å². The fraction of sp³-hybridized carbons (Fsp3) is 0.222.